The van der Waals surface area contributed by atoms with Crippen LogP contribution >= 0.6 is 0 Å². The minimum Gasteiger partial charge on any atom is -0.413 e. The Kier molecular flexibility index (Phi) is 5.33. The standard InChI is InChI=1S/C30O24/c31-19-25(37)49-13-7(43-19)1-2(8-14(13)50-26(38)20(32)44-8)4-6(12-18(54-30(42)24(36)48-12)17-11(4)47-23(35)29(41)53-17)5-3(1)9-15(51-27(39)21(33)45-9)16-10(5)46-22(34)28(40)52-16. The Hall–Kier alpha value is -8.70. The fraction of sp³-hybridized carbons (Fsp3) is 0. The summed E-state index contributed by atoms with van der Waals surface area (Å²) in [4.78, 5) is 151. The zero-order chi connectivity index (χ0) is 37.8. The molecule has 0 aliphatic heterocycles. The molecule has 0 saturated heterocycles. The average Bonchev–Trinajstić information content (AvgIpc) is 3.12. The zero-order valence-corrected chi connectivity index (χ0v) is 24.8. The highest BCUT2D eigenvalue weighted by molar-refractivity contribution is 6.47. The Morgan fingerprint density at radius 3 is 0.352 bits per heavy atom. The SMILES string of the molecule is O=c1oc2c3oc(=O)c(=O)oc3c3c(c2oc1=O)c1c2oc(=O)c(=O)oc2c2oc(=O)c(=O)oc2c1c1c2oc(=O)c(=O)oc2c2oc(=O)c(=O)oc2c31. The molecule has 0 radical (unpaired) electrons. The number of hydrogen-bond acceptors (Lipinski definition) is 24. The average molecular weight is 744 g/mol. The van der Waals surface area contributed by atoms with Crippen LogP contribution in [0.25, 0.3) is 99.3 Å². The van der Waals surface area contributed by atoms with Crippen molar-refractivity contribution in [2.75, 3.05) is 0 Å². The lowest BCUT2D eigenvalue weighted by Gasteiger charge is -2.15. The summed E-state index contributed by atoms with van der Waals surface area (Å²) in [7, 11) is 0. The number of rotatable bonds is 0. The van der Waals surface area contributed by atoms with E-state index in [1.54, 1.807) is 0 Å². The van der Waals surface area contributed by atoms with Gasteiger partial charge in [0.15, 0.2) is 33.5 Å². The van der Waals surface area contributed by atoms with Crippen molar-refractivity contribution in [1.29, 1.82) is 0 Å². The zero-order valence-electron chi connectivity index (χ0n) is 24.8. The first kappa shape index (κ1) is 30.2. The molecular formula is C30O24. The highest BCUT2D eigenvalue weighted by Crippen LogP contribution is 2.50. The highest BCUT2D eigenvalue weighted by Gasteiger charge is 2.34. The first-order valence-corrected chi connectivity index (χ1v) is 14.1. The summed E-state index contributed by atoms with van der Waals surface area (Å²) in [5.74, 6) is 0. The molecule has 0 unspecified atom stereocenters. The lowest BCUT2D eigenvalue weighted by atomic mass is 9.91. The molecule has 264 valence electrons. The minimum atomic E-state index is -1.76. The summed E-state index contributed by atoms with van der Waals surface area (Å²) in [5.41, 5.74) is -32.6. The van der Waals surface area contributed by atoms with Crippen molar-refractivity contribution in [2.45, 2.75) is 0 Å². The number of benzene rings is 4. The largest absolute Gasteiger partial charge is 0.423 e. The van der Waals surface area contributed by atoms with Crippen LogP contribution in [0.1, 0.15) is 0 Å². The predicted octanol–water partition coefficient (Wildman–Crippen LogP) is -0.496. The third kappa shape index (κ3) is 3.57. The van der Waals surface area contributed by atoms with Crippen molar-refractivity contribution in [2.24, 2.45) is 0 Å². The lowest BCUT2D eigenvalue weighted by Crippen LogP contribution is -2.24. The molecule has 10 rings (SSSR count). The van der Waals surface area contributed by atoms with E-state index in [4.69, 9.17) is 53.0 Å². The van der Waals surface area contributed by atoms with Gasteiger partial charge in [0, 0.05) is 32.3 Å². The monoisotopic (exact) mass is 744 g/mol. The van der Waals surface area contributed by atoms with Gasteiger partial charge in [-0.15, -0.1) is 0 Å². The fourth-order valence-electron chi connectivity index (χ4n) is 6.17. The lowest BCUT2D eigenvalue weighted by molar-refractivity contribution is 0.426. The van der Waals surface area contributed by atoms with Gasteiger partial charge in [-0.25, -0.2) is 57.5 Å². The van der Waals surface area contributed by atoms with E-state index >= 15 is 0 Å². The molecule has 0 N–H and O–H groups in total. The van der Waals surface area contributed by atoms with Gasteiger partial charge in [0.25, 0.3) is 0 Å². The maximum Gasteiger partial charge on any atom is 0.423 e. The second kappa shape index (κ2) is 9.54. The van der Waals surface area contributed by atoms with Gasteiger partial charge < -0.3 is 53.0 Å². The van der Waals surface area contributed by atoms with Crippen LogP contribution in [0.2, 0.25) is 0 Å². The van der Waals surface area contributed by atoms with Gasteiger partial charge in [-0.3, -0.25) is 0 Å². The molecule has 0 aliphatic carbocycles. The van der Waals surface area contributed by atoms with Gasteiger partial charge >= 0.3 is 67.5 Å². The molecule has 0 spiro atoms. The Balaban J connectivity index is 1.83. The van der Waals surface area contributed by atoms with Gasteiger partial charge in [-0.2, -0.15) is 0 Å². The van der Waals surface area contributed by atoms with E-state index in [0.29, 0.717) is 0 Å². The first-order valence-electron chi connectivity index (χ1n) is 14.1. The Bertz CT molecular complexity index is 3540. The highest BCUT2D eigenvalue weighted by atomic mass is 16.5. The summed E-state index contributed by atoms with van der Waals surface area (Å²) in [6.45, 7) is 0. The van der Waals surface area contributed by atoms with Gasteiger partial charge in [-0.05, 0) is 0 Å². The van der Waals surface area contributed by atoms with Crippen molar-refractivity contribution >= 4 is 99.3 Å². The van der Waals surface area contributed by atoms with Crippen molar-refractivity contribution in [3.8, 4) is 0 Å². The molecule has 0 amide bonds. The van der Waals surface area contributed by atoms with Gasteiger partial charge in [0.05, 0.1) is 0 Å². The summed E-state index contributed by atoms with van der Waals surface area (Å²) >= 11 is 0. The fourth-order valence-corrected chi connectivity index (χ4v) is 6.17. The van der Waals surface area contributed by atoms with Gasteiger partial charge in [0.1, 0.15) is 0 Å². The second-order valence-corrected chi connectivity index (χ2v) is 10.9. The predicted molar refractivity (Wildman–Crippen MR) is 166 cm³/mol. The molecule has 6 heterocycles. The summed E-state index contributed by atoms with van der Waals surface area (Å²) in [5, 5.41) is -4.64. The topological polar surface area (TPSA) is 363 Å². The van der Waals surface area contributed by atoms with Crippen LogP contribution in [-0.2, 0) is 0 Å². The minimum absolute atomic E-state index is 0.773. The van der Waals surface area contributed by atoms with Crippen LogP contribution in [0.5, 0.6) is 0 Å². The van der Waals surface area contributed by atoms with Crippen LogP contribution in [0, 0.1) is 0 Å². The van der Waals surface area contributed by atoms with E-state index in [0.717, 1.165) is 0 Å². The maximum atomic E-state index is 12.7. The molecule has 6 aromatic heterocycles. The molecule has 24 nitrogen and oxygen atoms in total. The molecule has 10 aromatic rings. The molecule has 0 aliphatic rings. The van der Waals surface area contributed by atoms with Gasteiger partial charge in [0.2, 0.25) is 33.5 Å². The molecule has 0 bridgehead atoms. The van der Waals surface area contributed by atoms with Crippen molar-refractivity contribution in [1.82, 2.24) is 0 Å². The van der Waals surface area contributed by atoms with E-state index in [1.165, 1.54) is 0 Å². The third-order valence-corrected chi connectivity index (χ3v) is 8.06. The number of hydrogen-bond donors (Lipinski definition) is 0. The van der Waals surface area contributed by atoms with E-state index in [2.05, 4.69) is 0 Å². The summed E-state index contributed by atoms with van der Waals surface area (Å²) in [6.07, 6.45) is 0. The summed E-state index contributed by atoms with van der Waals surface area (Å²) in [6, 6.07) is 0. The van der Waals surface area contributed by atoms with Crippen molar-refractivity contribution in [3.05, 3.63) is 125 Å². The Morgan fingerprint density at radius 1 is 0.148 bits per heavy atom. The van der Waals surface area contributed by atoms with Crippen LogP contribution in [0.3, 0.4) is 0 Å². The maximum absolute atomic E-state index is 12.7. The van der Waals surface area contributed by atoms with Crippen LogP contribution < -0.4 is 67.5 Å². The molecule has 54 heavy (non-hydrogen) atoms. The van der Waals surface area contributed by atoms with E-state index in [9.17, 15) is 57.5 Å². The Labute approximate surface area is 277 Å². The molecule has 0 atom stereocenters. The molecule has 24 heteroatoms. The van der Waals surface area contributed by atoms with Crippen LogP contribution in [-0.4, -0.2) is 0 Å². The van der Waals surface area contributed by atoms with E-state index in [1.807, 2.05) is 0 Å². The van der Waals surface area contributed by atoms with Crippen molar-refractivity contribution in [3.63, 3.8) is 0 Å². The smallest absolute Gasteiger partial charge is 0.413 e. The van der Waals surface area contributed by atoms with Gasteiger partial charge in [-0.1, -0.05) is 0 Å². The van der Waals surface area contributed by atoms with Crippen LogP contribution in [0.15, 0.2) is 111 Å². The van der Waals surface area contributed by atoms with Crippen molar-refractivity contribution < 1.29 is 53.0 Å². The molecule has 0 saturated carbocycles. The Morgan fingerprint density at radius 2 is 0.241 bits per heavy atom. The molecule has 4 aromatic carbocycles. The normalized spacial score (nSPS) is 12.2. The molecular weight excluding hydrogens is 744 g/mol. The van der Waals surface area contributed by atoms with E-state index in [-0.39, 0.29) is 0 Å². The molecule has 0 fully saturated rings. The second-order valence-electron chi connectivity index (χ2n) is 10.9. The number of fused-ring (bicyclic) bond motifs is 21. The quantitative estimate of drug-likeness (QED) is 0.139. The first-order chi connectivity index (χ1) is 25.7. The third-order valence-electron chi connectivity index (χ3n) is 8.06. The van der Waals surface area contributed by atoms with E-state index < -0.39 is 167 Å². The van der Waals surface area contributed by atoms with Crippen LogP contribution in [0.4, 0.5) is 0 Å². The summed E-state index contributed by atoms with van der Waals surface area (Å²) < 4.78 is 62.0.